The number of hydrogen-bond donors (Lipinski definition) is 2. The summed E-state index contributed by atoms with van der Waals surface area (Å²) < 4.78 is 27.6. The van der Waals surface area contributed by atoms with Gasteiger partial charge in [0.05, 0.1) is 4.90 Å². The molecule has 2 aromatic carbocycles. The number of benzene rings is 2. The fraction of sp³-hybridized carbons (Fsp3) is 0.381. The molecule has 0 bridgehead atoms. The molecule has 28 heavy (non-hydrogen) atoms. The number of thioether (sulfide) groups is 1. The number of carbonyl (C=O) groups is 1. The van der Waals surface area contributed by atoms with Crippen molar-refractivity contribution < 1.29 is 13.2 Å². The maximum absolute atomic E-state index is 12.5. The minimum absolute atomic E-state index is 0.191. The van der Waals surface area contributed by atoms with Gasteiger partial charge in [-0.3, -0.25) is 9.52 Å². The molecule has 0 atom stereocenters. The quantitative estimate of drug-likeness (QED) is 0.630. The fourth-order valence-electron chi connectivity index (χ4n) is 3.20. The third-order valence-electron chi connectivity index (χ3n) is 4.75. The van der Waals surface area contributed by atoms with E-state index in [-0.39, 0.29) is 10.8 Å². The number of nitrogens with one attached hydrogen (secondary N) is 2. The number of anilines is 1. The predicted molar refractivity (Wildman–Crippen MR) is 115 cm³/mol. The molecule has 0 aliphatic heterocycles. The lowest BCUT2D eigenvalue weighted by Gasteiger charge is -2.11. The molecule has 2 aromatic rings. The van der Waals surface area contributed by atoms with Gasteiger partial charge in [0.25, 0.3) is 15.9 Å². The zero-order valence-corrected chi connectivity index (χ0v) is 17.6. The third-order valence-corrected chi connectivity index (χ3v) is 7.53. The summed E-state index contributed by atoms with van der Waals surface area (Å²) in [6.45, 7) is 2.51. The van der Waals surface area contributed by atoms with Crippen LogP contribution >= 0.6 is 11.8 Å². The highest BCUT2D eigenvalue weighted by Crippen LogP contribution is 2.28. The molecular formula is C21H26N2O3S2. The largest absolute Gasteiger partial charge is 0.351 e. The number of hydrogen-bond acceptors (Lipinski definition) is 4. The van der Waals surface area contributed by atoms with Gasteiger partial charge in [0, 0.05) is 28.8 Å². The minimum Gasteiger partial charge on any atom is -0.351 e. The summed E-state index contributed by atoms with van der Waals surface area (Å²) >= 11 is 1.92. The summed E-state index contributed by atoms with van der Waals surface area (Å²) in [5, 5.41) is 3.65. The molecular weight excluding hydrogens is 392 g/mol. The van der Waals surface area contributed by atoms with Gasteiger partial charge in [-0.05, 0) is 50.1 Å². The molecule has 3 rings (SSSR count). The molecule has 150 valence electrons. The zero-order chi connectivity index (χ0) is 20.0. The molecule has 1 aliphatic rings. The Morgan fingerprint density at radius 3 is 2.54 bits per heavy atom. The second kappa shape index (κ2) is 9.47. The van der Waals surface area contributed by atoms with Crippen LogP contribution < -0.4 is 10.0 Å². The molecule has 0 unspecified atom stereocenters. The molecule has 7 heteroatoms. The van der Waals surface area contributed by atoms with Crippen molar-refractivity contribution in [2.24, 2.45) is 0 Å². The van der Waals surface area contributed by atoms with Gasteiger partial charge in [0.15, 0.2) is 0 Å². The van der Waals surface area contributed by atoms with E-state index in [4.69, 9.17) is 0 Å². The van der Waals surface area contributed by atoms with Crippen LogP contribution in [0.3, 0.4) is 0 Å². The lowest BCUT2D eigenvalue weighted by atomic mass is 10.2. The van der Waals surface area contributed by atoms with E-state index in [0.29, 0.717) is 17.8 Å². The fourth-order valence-corrected chi connectivity index (χ4v) is 5.47. The summed E-state index contributed by atoms with van der Waals surface area (Å²) in [7, 11) is -3.69. The second-order valence-corrected chi connectivity index (χ2v) is 10.1. The van der Waals surface area contributed by atoms with Gasteiger partial charge in [0.1, 0.15) is 0 Å². The molecule has 1 aliphatic carbocycles. The van der Waals surface area contributed by atoms with Crippen molar-refractivity contribution >= 4 is 33.4 Å². The van der Waals surface area contributed by atoms with Crippen LogP contribution in [-0.4, -0.2) is 31.9 Å². The van der Waals surface area contributed by atoms with E-state index in [1.165, 1.54) is 25.7 Å². The molecule has 5 nitrogen and oxygen atoms in total. The maximum atomic E-state index is 12.5. The van der Waals surface area contributed by atoms with E-state index in [9.17, 15) is 13.2 Å². The Bertz CT molecular complexity index is 906. The van der Waals surface area contributed by atoms with Crippen LogP contribution in [-0.2, 0) is 10.0 Å². The van der Waals surface area contributed by atoms with Crippen LogP contribution in [0, 0.1) is 6.92 Å². The summed E-state index contributed by atoms with van der Waals surface area (Å²) in [4.78, 5) is 12.6. The van der Waals surface area contributed by atoms with Gasteiger partial charge < -0.3 is 5.32 Å². The third kappa shape index (κ3) is 5.75. The Morgan fingerprint density at radius 1 is 1.11 bits per heavy atom. The molecule has 1 saturated carbocycles. The van der Waals surface area contributed by atoms with Gasteiger partial charge in [0.2, 0.25) is 0 Å². The van der Waals surface area contributed by atoms with Crippen molar-refractivity contribution in [1.82, 2.24) is 5.32 Å². The molecule has 0 radical (unpaired) electrons. The predicted octanol–water partition coefficient (Wildman–Crippen LogP) is 4.20. The van der Waals surface area contributed by atoms with E-state index in [1.54, 1.807) is 48.5 Å². The summed E-state index contributed by atoms with van der Waals surface area (Å²) in [5.74, 6) is 0.708. The Hall–Kier alpha value is -1.99. The first-order valence-electron chi connectivity index (χ1n) is 9.53. The van der Waals surface area contributed by atoms with E-state index >= 15 is 0 Å². The van der Waals surface area contributed by atoms with E-state index in [2.05, 4.69) is 10.0 Å². The average Bonchev–Trinajstić information content (AvgIpc) is 3.19. The first-order valence-corrected chi connectivity index (χ1v) is 12.1. The van der Waals surface area contributed by atoms with Crippen molar-refractivity contribution in [3.05, 3.63) is 59.7 Å². The second-order valence-electron chi connectivity index (χ2n) is 7.03. The summed E-state index contributed by atoms with van der Waals surface area (Å²) in [6.07, 6.45) is 5.19. The standard InChI is InChI=1S/C21H26N2O3S2/c1-16-9-11-20(12-10-16)28(25,26)23-18-6-4-5-17(15-18)21(24)22-13-14-27-19-7-2-3-8-19/h4-6,9-12,15,19,23H,2-3,7-8,13-14H2,1H3,(H,22,24). The monoisotopic (exact) mass is 418 g/mol. The highest BCUT2D eigenvalue weighted by atomic mass is 32.2. The van der Waals surface area contributed by atoms with Crippen LogP contribution in [0.1, 0.15) is 41.6 Å². The number of rotatable bonds is 8. The molecule has 0 aromatic heterocycles. The van der Waals surface area contributed by atoms with Crippen molar-refractivity contribution in [2.75, 3.05) is 17.0 Å². The normalized spacial score (nSPS) is 14.8. The average molecular weight is 419 g/mol. The first-order chi connectivity index (χ1) is 13.4. The number of aryl methyl sites for hydroxylation is 1. The lowest BCUT2D eigenvalue weighted by Crippen LogP contribution is -2.26. The van der Waals surface area contributed by atoms with Crippen molar-refractivity contribution in [3.63, 3.8) is 0 Å². The van der Waals surface area contributed by atoms with Crippen LogP contribution in [0.15, 0.2) is 53.4 Å². The van der Waals surface area contributed by atoms with E-state index in [1.807, 2.05) is 18.7 Å². The zero-order valence-electron chi connectivity index (χ0n) is 16.0. The molecule has 0 heterocycles. The van der Waals surface area contributed by atoms with Crippen LogP contribution in [0.2, 0.25) is 0 Å². The number of amides is 1. The van der Waals surface area contributed by atoms with Crippen molar-refractivity contribution in [1.29, 1.82) is 0 Å². The topological polar surface area (TPSA) is 75.3 Å². The van der Waals surface area contributed by atoms with Crippen molar-refractivity contribution in [3.8, 4) is 0 Å². The molecule has 0 saturated heterocycles. The number of sulfonamides is 1. The molecule has 1 fully saturated rings. The van der Waals surface area contributed by atoms with Gasteiger partial charge in [-0.2, -0.15) is 11.8 Å². The summed E-state index contributed by atoms with van der Waals surface area (Å²) in [6, 6.07) is 13.2. The lowest BCUT2D eigenvalue weighted by molar-refractivity contribution is 0.0956. The van der Waals surface area contributed by atoms with Crippen molar-refractivity contribution in [2.45, 2.75) is 42.8 Å². The van der Waals surface area contributed by atoms with E-state index in [0.717, 1.165) is 16.6 Å². The molecule has 2 N–H and O–H groups in total. The Labute approximate surface area is 171 Å². The summed E-state index contributed by atoms with van der Waals surface area (Å²) in [5.41, 5.74) is 1.80. The first kappa shape index (κ1) is 20.7. The highest BCUT2D eigenvalue weighted by molar-refractivity contribution is 7.99. The van der Waals surface area contributed by atoms with Crippen LogP contribution in [0.5, 0.6) is 0 Å². The van der Waals surface area contributed by atoms with Gasteiger partial charge >= 0.3 is 0 Å². The van der Waals surface area contributed by atoms with Crippen LogP contribution in [0.4, 0.5) is 5.69 Å². The SMILES string of the molecule is Cc1ccc(S(=O)(=O)Nc2cccc(C(=O)NCCSC3CCCC3)c2)cc1. The Balaban J connectivity index is 1.56. The highest BCUT2D eigenvalue weighted by Gasteiger charge is 2.16. The van der Waals surface area contributed by atoms with Gasteiger partial charge in [-0.25, -0.2) is 8.42 Å². The number of carbonyl (C=O) groups excluding carboxylic acids is 1. The smallest absolute Gasteiger partial charge is 0.261 e. The Morgan fingerprint density at radius 2 is 1.82 bits per heavy atom. The maximum Gasteiger partial charge on any atom is 0.261 e. The minimum atomic E-state index is -3.69. The molecule has 0 spiro atoms. The molecule has 1 amide bonds. The van der Waals surface area contributed by atoms with Gasteiger partial charge in [-0.15, -0.1) is 0 Å². The van der Waals surface area contributed by atoms with Crippen LogP contribution in [0.25, 0.3) is 0 Å². The van der Waals surface area contributed by atoms with E-state index < -0.39 is 10.0 Å². The van der Waals surface area contributed by atoms with Gasteiger partial charge in [-0.1, -0.05) is 36.6 Å². The Kier molecular flexibility index (Phi) is 7.02.